The smallest absolute Gasteiger partial charge is 0.421 e. The summed E-state index contributed by atoms with van der Waals surface area (Å²) in [5.74, 6) is 1.78. The molecule has 0 spiro atoms. The Hall–Kier alpha value is -3.87. The molecule has 1 aromatic heterocycles. The summed E-state index contributed by atoms with van der Waals surface area (Å²) in [4.78, 5) is 7.85. The van der Waals surface area contributed by atoms with Crippen molar-refractivity contribution in [3.8, 4) is 12.3 Å². The lowest BCUT2D eigenvalue weighted by molar-refractivity contribution is -0.137. The number of rotatable bonds is 7. The van der Waals surface area contributed by atoms with Gasteiger partial charge in [0.25, 0.3) is 0 Å². The second-order valence-corrected chi connectivity index (χ2v) is 7.03. The Morgan fingerprint density at radius 3 is 2.47 bits per heavy atom. The number of nitrogens with one attached hydrogen (secondary N) is 2. The van der Waals surface area contributed by atoms with Crippen LogP contribution in [0, 0.1) is 25.2 Å². The van der Waals surface area contributed by atoms with Gasteiger partial charge >= 0.3 is 6.18 Å². The van der Waals surface area contributed by atoms with Crippen LogP contribution in [0.25, 0.3) is 0 Å². The zero-order valence-corrected chi connectivity index (χ0v) is 20.1. The zero-order chi connectivity index (χ0) is 26.1. The quantitative estimate of drug-likeness (QED) is 0.179. The average molecular weight is 477 g/mol. The Bertz CT molecular complexity index is 1090. The van der Waals surface area contributed by atoms with Crippen LogP contribution in [0.3, 0.4) is 0 Å². The highest BCUT2D eigenvalue weighted by Gasteiger charge is 2.35. The first-order valence-corrected chi connectivity index (χ1v) is 10.5. The summed E-state index contributed by atoms with van der Waals surface area (Å²) in [5, 5.41) is 5.53. The normalized spacial score (nSPS) is 13.0. The number of ether oxygens (including phenoxy) is 1. The molecule has 0 radical (unpaired) electrons. The van der Waals surface area contributed by atoms with E-state index in [0.29, 0.717) is 17.5 Å². The van der Waals surface area contributed by atoms with Crippen LogP contribution in [0.15, 0.2) is 47.6 Å². The molecule has 0 aliphatic heterocycles. The van der Waals surface area contributed by atoms with Crippen LogP contribution in [0.1, 0.15) is 38.8 Å². The molecule has 1 aromatic carbocycles. The number of anilines is 4. The summed E-state index contributed by atoms with van der Waals surface area (Å²) in [5.41, 5.74) is 13.2. The van der Waals surface area contributed by atoms with Gasteiger partial charge in [-0.05, 0) is 44.0 Å². The molecule has 0 aliphatic rings. The van der Waals surface area contributed by atoms with E-state index in [4.69, 9.17) is 22.6 Å². The number of hydrogen-bond donors (Lipinski definition) is 4. The van der Waals surface area contributed by atoms with Crippen LogP contribution in [-0.4, -0.2) is 17.1 Å². The van der Waals surface area contributed by atoms with Crippen molar-refractivity contribution in [1.82, 2.24) is 9.97 Å². The fourth-order valence-corrected chi connectivity index (χ4v) is 2.60. The fourth-order valence-electron chi connectivity index (χ4n) is 2.60. The van der Waals surface area contributed by atoms with Gasteiger partial charge < -0.3 is 26.8 Å². The van der Waals surface area contributed by atoms with E-state index in [1.807, 2.05) is 20.8 Å². The lowest BCUT2D eigenvalue weighted by atomic mass is 10.0. The molecular weight excluding hydrogens is 445 g/mol. The van der Waals surface area contributed by atoms with E-state index in [1.54, 1.807) is 32.0 Å². The second kappa shape index (κ2) is 12.4. The number of aryl methyl sites for hydroxylation is 1. The number of nitrogens with two attached hydrogens (primary N) is 2. The molecule has 0 fully saturated rings. The minimum absolute atomic E-state index is 0.0637. The summed E-state index contributed by atoms with van der Waals surface area (Å²) in [6.07, 6.45) is 2.95. The number of nitrogens with zero attached hydrogens (tertiary/aromatic N) is 2. The van der Waals surface area contributed by atoms with Crippen molar-refractivity contribution in [2.75, 3.05) is 23.5 Å². The van der Waals surface area contributed by atoms with Crippen molar-refractivity contribution in [2.24, 2.45) is 11.7 Å². The first-order chi connectivity index (χ1) is 16.0. The Balaban J connectivity index is 0.00000281. The summed E-state index contributed by atoms with van der Waals surface area (Å²) in [6.45, 7) is 9.36. The average Bonchev–Trinajstić information content (AvgIpc) is 2.80. The molecule has 34 heavy (non-hydrogen) atoms. The monoisotopic (exact) mass is 476 g/mol. The molecule has 1 atom stereocenters. The lowest BCUT2D eigenvalue weighted by Gasteiger charge is -2.17. The first-order valence-electron chi connectivity index (χ1n) is 10.5. The number of allylic oxidation sites excluding steroid dienone is 2. The van der Waals surface area contributed by atoms with Crippen LogP contribution in [0.4, 0.5) is 36.3 Å². The van der Waals surface area contributed by atoms with Crippen LogP contribution in [-0.2, 0) is 10.9 Å². The van der Waals surface area contributed by atoms with Gasteiger partial charge in [-0.3, -0.25) is 0 Å². The van der Waals surface area contributed by atoms with Gasteiger partial charge in [0.15, 0.2) is 5.88 Å². The highest BCUT2D eigenvalue weighted by Crippen LogP contribution is 2.36. The predicted octanol–water partition coefficient (Wildman–Crippen LogP) is 5.56. The van der Waals surface area contributed by atoms with Crippen molar-refractivity contribution >= 4 is 23.1 Å². The third-order valence-electron chi connectivity index (χ3n) is 4.65. The number of methoxy groups -OCH3 is 1. The fraction of sp³-hybridized carbons (Fsp3) is 0.333. The van der Waals surface area contributed by atoms with E-state index in [1.165, 1.54) is 13.2 Å². The zero-order valence-electron chi connectivity index (χ0n) is 20.1. The van der Waals surface area contributed by atoms with E-state index >= 15 is 0 Å². The molecular formula is C24H31F3N6O. The predicted molar refractivity (Wildman–Crippen MR) is 131 cm³/mol. The number of aromatic nitrogens is 2. The molecule has 7 nitrogen and oxygen atoms in total. The minimum atomic E-state index is -4.69. The van der Waals surface area contributed by atoms with E-state index in [2.05, 4.69) is 26.5 Å². The Labute approximate surface area is 198 Å². The van der Waals surface area contributed by atoms with Gasteiger partial charge in [0.2, 0.25) is 5.95 Å². The van der Waals surface area contributed by atoms with E-state index in [9.17, 15) is 13.2 Å². The van der Waals surface area contributed by atoms with Crippen molar-refractivity contribution in [1.29, 1.82) is 0 Å². The molecule has 6 N–H and O–H groups in total. The first kappa shape index (κ1) is 28.2. The van der Waals surface area contributed by atoms with Gasteiger partial charge in [-0.1, -0.05) is 25.8 Å². The second-order valence-electron chi connectivity index (χ2n) is 7.03. The van der Waals surface area contributed by atoms with Crippen molar-refractivity contribution in [2.45, 2.75) is 40.8 Å². The summed E-state index contributed by atoms with van der Waals surface area (Å²) < 4.78 is 45.7. The molecule has 1 unspecified atom stereocenters. The topological polar surface area (TPSA) is 111 Å². The standard InChI is InChI=1S/C22H25F3N6O.C2H6/c1-6-13(3)14(4)18(10-19(27)32-5)30-21-28-11-15(22(23,24)25)20(31-21)29-17-8-7-12(2)9-16(17)26;1-2/h1,7-11,13H,26-27H2,2-5H3,(H2,28,29,30,31);1-2H3/b18-14+,19-10+;. The molecule has 0 bridgehead atoms. The van der Waals surface area contributed by atoms with E-state index in [0.717, 1.165) is 5.56 Å². The van der Waals surface area contributed by atoms with Gasteiger partial charge in [-0.15, -0.1) is 6.42 Å². The maximum absolute atomic E-state index is 13.6. The van der Waals surface area contributed by atoms with Crippen LogP contribution < -0.4 is 22.1 Å². The van der Waals surface area contributed by atoms with Gasteiger partial charge in [0.1, 0.15) is 11.4 Å². The Morgan fingerprint density at radius 2 is 1.94 bits per heavy atom. The van der Waals surface area contributed by atoms with Crippen LogP contribution >= 0.6 is 0 Å². The summed E-state index contributed by atoms with van der Waals surface area (Å²) in [7, 11) is 1.38. The Kier molecular flexibility index (Phi) is 10.3. The van der Waals surface area contributed by atoms with E-state index < -0.39 is 17.6 Å². The lowest BCUT2D eigenvalue weighted by Crippen LogP contribution is -2.15. The molecule has 1 heterocycles. The number of halogens is 3. The van der Waals surface area contributed by atoms with Crippen LogP contribution in [0.5, 0.6) is 0 Å². The molecule has 0 aliphatic carbocycles. The maximum atomic E-state index is 13.6. The molecule has 0 amide bonds. The number of hydrogen-bond acceptors (Lipinski definition) is 7. The minimum Gasteiger partial charge on any atom is -0.483 e. The summed E-state index contributed by atoms with van der Waals surface area (Å²) >= 11 is 0. The molecule has 0 saturated carbocycles. The highest BCUT2D eigenvalue weighted by molar-refractivity contribution is 5.73. The number of terminal acetylenes is 1. The SMILES string of the molecule is C#CC(C)/C(C)=C(\C=C(/N)OC)Nc1ncc(C(F)(F)F)c(Nc2ccc(C)cc2N)n1.CC. The molecule has 2 aromatic rings. The number of alkyl halides is 3. The molecule has 184 valence electrons. The molecule has 0 saturated heterocycles. The molecule has 10 heteroatoms. The summed E-state index contributed by atoms with van der Waals surface area (Å²) in [6, 6.07) is 4.93. The number of nitrogen functional groups attached to an aromatic ring is 1. The Morgan fingerprint density at radius 1 is 1.29 bits per heavy atom. The van der Waals surface area contributed by atoms with Crippen molar-refractivity contribution < 1.29 is 17.9 Å². The van der Waals surface area contributed by atoms with Gasteiger partial charge in [-0.2, -0.15) is 18.2 Å². The largest absolute Gasteiger partial charge is 0.483 e. The van der Waals surface area contributed by atoms with Gasteiger partial charge in [-0.25, -0.2) is 4.98 Å². The van der Waals surface area contributed by atoms with Crippen LogP contribution in [0.2, 0.25) is 0 Å². The van der Waals surface area contributed by atoms with E-state index in [-0.39, 0.29) is 29.1 Å². The van der Waals surface area contributed by atoms with Gasteiger partial charge in [0, 0.05) is 23.9 Å². The molecule has 2 rings (SSSR count). The maximum Gasteiger partial charge on any atom is 0.421 e. The highest BCUT2D eigenvalue weighted by atomic mass is 19.4. The van der Waals surface area contributed by atoms with Gasteiger partial charge in [0.05, 0.1) is 18.5 Å². The third kappa shape index (κ3) is 7.62. The van der Waals surface area contributed by atoms with Crippen molar-refractivity contribution in [3.05, 3.63) is 58.8 Å². The number of benzene rings is 1. The third-order valence-corrected chi connectivity index (χ3v) is 4.65. The van der Waals surface area contributed by atoms with Crippen molar-refractivity contribution in [3.63, 3.8) is 0 Å².